The molecule has 40 valence electrons. The van der Waals surface area contributed by atoms with Gasteiger partial charge in [-0.3, -0.25) is 0 Å². The number of rotatable bonds is 0. The Morgan fingerprint density at radius 3 is 3.00 bits per heavy atom. The fourth-order valence-electron chi connectivity index (χ4n) is 0.416. The van der Waals surface area contributed by atoms with E-state index in [9.17, 15) is 0 Å². The van der Waals surface area contributed by atoms with E-state index in [0.717, 1.165) is 5.88 Å². The minimum Gasteiger partial charge on any atom is -0.379 e. The number of hydrogen-bond acceptors (Lipinski definition) is 3. The Kier molecular flexibility index (Phi) is 1.46. The van der Waals surface area contributed by atoms with Crippen LogP contribution in [0.5, 0.6) is 0 Å². The van der Waals surface area contributed by atoms with Crippen LogP contribution < -0.4 is 10.0 Å². The Morgan fingerprint density at radius 2 is 2.71 bits per heavy atom. The molecule has 0 saturated carbocycles. The molecule has 0 aliphatic carbocycles. The molecule has 0 spiro atoms. The first-order valence-corrected chi connectivity index (χ1v) is 3.16. The molecule has 1 aliphatic rings. The second-order valence-corrected chi connectivity index (χ2v) is 2.20. The highest BCUT2D eigenvalue weighted by Gasteiger charge is 1.91. The fourth-order valence-corrected chi connectivity index (χ4v) is 0.941. The maximum absolute atomic E-state index is 3.10. The van der Waals surface area contributed by atoms with Gasteiger partial charge in [0.15, 0.2) is 0 Å². The van der Waals surface area contributed by atoms with Gasteiger partial charge in [-0.05, 0) is 18.9 Å². The predicted octanol–water partition coefficient (Wildman–Crippen LogP) is 0.646. The summed E-state index contributed by atoms with van der Waals surface area (Å²) >= 11 is 1.67. The van der Waals surface area contributed by atoms with E-state index in [4.69, 9.17) is 0 Å². The molecule has 1 heterocycles. The third kappa shape index (κ3) is 1.31. The first-order chi connectivity index (χ1) is 3.39. The van der Waals surface area contributed by atoms with Crippen LogP contribution >= 0.6 is 11.9 Å². The van der Waals surface area contributed by atoms with Crippen molar-refractivity contribution in [3.63, 3.8) is 0 Å². The van der Waals surface area contributed by atoms with Crippen LogP contribution in [0.4, 0.5) is 0 Å². The summed E-state index contributed by atoms with van der Waals surface area (Å²) < 4.78 is 3.10. The molecule has 2 N–H and O–H groups in total. The third-order valence-electron chi connectivity index (χ3n) is 0.707. The van der Waals surface area contributed by atoms with Crippen molar-refractivity contribution in [3.8, 4) is 0 Å². The molecule has 0 radical (unpaired) electrons. The molecular formula is C4H8N2S. The topological polar surface area (TPSA) is 24.1 Å². The molecule has 0 bridgehead atoms. The Balaban J connectivity index is 2.40. The lowest BCUT2D eigenvalue weighted by atomic mass is 10.6. The molecule has 0 aromatic carbocycles. The fraction of sp³-hybridized carbons (Fsp3) is 0.500. The van der Waals surface area contributed by atoms with Gasteiger partial charge in [0.2, 0.25) is 0 Å². The van der Waals surface area contributed by atoms with Crippen LogP contribution in [-0.2, 0) is 0 Å². The zero-order chi connectivity index (χ0) is 5.11. The van der Waals surface area contributed by atoms with Crippen LogP contribution in [0.1, 0.15) is 6.92 Å². The molecule has 0 aromatic rings. The first-order valence-electron chi connectivity index (χ1n) is 2.17. The van der Waals surface area contributed by atoms with Crippen molar-refractivity contribution in [2.24, 2.45) is 0 Å². The highest BCUT2D eigenvalue weighted by Crippen LogP contribution is 2.00. The SMILES string of the molecule is CC1=CNCSN1. The maximum atomic E-state index is 3.10. The quantitative estimate of drug-likeness (QED) is 0.454. The van der Waals surface area contributed by atoms with E-state index in [1.807, 2.05) is 13.1 Å². The lowest BCUT2D eigenvalue weighted by Crippen LogP contribution is -2.17. The molecule has 0 fully saturated rings. The summed E-state index contributed by atoms with van der Waals surface area (Å²) in [4.78, 5) is 0. The van der Waals surface area contributed by atoms with Gasteiger partial charge in [0.1, 0.15) is 0 Å². The van der Waals surface area contributed by atoms with Gasteiger partial charge in [0.05, 0.1) is 5.88 Å². The molecule has 0 atom stereocenters. The molecule has 1 aliphatic heterocycles. The molecule has 1 rings (SSSR count). The van der Waals surface area contributed by atoms with Crippen molar-refractivity contribution in [1.29, 1.82) is 0 Å². The normalized spacial score (nSPS) is 19.3. The van der Waals surface area contributed by atoms with E-state index < -0.39 is 0 Å². The van der Waals surface area contributed by atoms with Gasteiger partial charge in [0, 0.05) is 11.9 Å². The summed E-state index contributed by atoms with van der Waals surface area (Å²) in [6.45, 7) is 2.03. The van der Waals surface area contributed by atoms with Gasteiger partial charge in [0.25, 0.3) is 0 Å². The van der Waals surface area contributed by atoms with Crippen molar-refractivity contribution >= 4 is 11.9 Å². The molecule has 0 unspecified atom stereocenters. The smallest absolute Gasteiger partial charge is 0.0804 e. The molecule has 3 heteroatoms. The summed E-state index contributed by atoms with van der Waals surface area (Å²) in [7, 11) is 0. The Bertz CT molecular complexity index is 89.7. The Morgan fingerprint density at radius 1 is 1.86 bits per heavy atom. The second-order valence-electron chi connectivity index (χ2n) is 1.42. The Labute approximate surface area is 47.5 Å². The molecule has 0 aromatic heterocycles. The standard InChI is InChI=1S/C4H8N2S/c1-4-2-5-3-7-6-4/h2,5-6H,3H2,1H3. The van der Waals surface area contributed by atoms with Crippen molar-refractivity contribution in [2.45, 2.75) is 6.92 Å². The summed E-state index contributed by atoms with van der Waals surface area (Å²) in [5, 5.41) is 3.07. The lowest BCUT2D eigenvalue weighted by molar-refractivity contribution is 0.973. The van der Waals surface area contributed by atoms with Gasteiger partial charge in [-0.2, -0.15) is 0 Å². The second kappa shape index (κ2) is 2.12. The van der Waals surface area contributed by atoms with Gasteiger partial charge in [-0.15, -0.1) is 0 Å². The van der Waals surface area contributed by atoms with Gasteiger partial charge in [-0.25, -0.2) is 0 Å². The zero-order valence-electron chi connectivity index (χ0n) is 4.19. The third-order valence-corrected chi connectivity index (χ3v) is 1.48. The van der Waals surface area contributed by atoms with Crippen LogP contribution in [0.25, 0.3) is 0 Å². The van der Waals surface area contributed by atoms with Crippen LogP contribution in [0.3, 0.4) is 0 Å². The van der Waals surface area contributed by atoms with Gasteiger partial charge in [-0.1, -0.05) is 0 Å². The van der Waals surface area contributed by atoms with Crippen molar-refractivity contribution < 1.29 is 0 Å². The summed E-state index contributed by atoms with van der Waals surface area (Å²) in [5.74, 6) is 0.970. The molecule has 0 saturated heterocycles. The highest BCUT2D eigenvalue weighted by molar-refractivity contribution is 7.97. The lowest BCUT2D eigenvalue weighted by Gasteiger charge is -2.10. The van der Waals surface area contributed by atoms with Crippen molar-refractivity contribution in [1.82, 2.24) is 10.0 Å². The minimum absolute atomic E-state index is 0.970. The van der Waals surface area contributed by atoms with E-state index in [1.54, 1.807) is 11.9 Å². The number of nitrogens with one attached hydrogen (secondary N) is 2. The zero-order valence-corrected chi connectivity index (χ0v) is 5.01. The first kappa shape index (κ1) is 4.84. The summed E-state index contributed by atoms with van der Waals surface area (Å²) in [6.07, 6.45) is 1.97. The van der Waals surface area contributed by atoms with E-state index in [0.29, 0.717) is 0 Å². The molecular weight excluding hydrogens is 108 g/mol. The summed E-state index contributed by atoms with van der Waals surface area (Å²) in [5.41, 5.74) is 1.19. The molecule has 7 heavy (non-hydrogen) atoms. The van der Waals surface area contributed by atoms with Crippen LogP contribution in [0.2, 0.25) is 0 Å². The van der Waals surface area contributed by atoms with E-state index >= 15 is 0 Å². The van der Waals surface area contributed by atoms with Crippen LogP contribution in [0.15, 0.2) is 11.9 Å². The maximum Gasteiger partial charge on any atom is 0.0804 e. The van der Waals surface area contributed by atoms with Crippen LogP contribution in [0, 0.1) is 0 Å². The summed E-state index contributed by atoms with van der Waals surface area (Å²) in [6, 6.07) is 0. The van der Waals surface area contributed by atoms with E-state index in [2.05, 4.69) is 10.0 Å². The highest BCUT2D eigenvalue weighted by atomic mass is 32.2. The Hall–Kier alpha value is -0.310. The van der Waals surface area contributed by atoms with Crippen molar-refractivity contribution in [2.75, 3.05) is 5.88 Å². The number of hydrogen-bond donors (Lipinski definition) is 2. The average molecular weight is 116 g/mol. The van der Waals surface area contributed by atoms with E-state index in [1.165, 1.54) is 5.70 Å². The van der Waals surface area contributed by atoms with Crippen LogP contribution in [-0.4, -0.2) is 5.88 Å². The predicted molar refractivity (Wildman–Crippen MR) is 32.5 cm³/mol. The molecule has 2 nitrogen and oxygen atoms in total. The molecule has 0 amide bonds. The number of allylic oxidation sites excluding steroid dienone is 1. The minimum atomic E-state index is 0.970. The van der Waals surface area contributed by atoms with Gasteiger partial charge < -0.3 is 10.0 Å². The monoisotopic (exact) mass is 116 g/mol. The average Bonchev–Trinajstić information content (AvgIpc) is 1.69. The van der Waals surface area contributed by atoms with Gasteiger partial charge >= 0.3 is 0 Å². The van der Waals surface area contributed by atoms with Crippen molar-refractivity contribution in [3.05, 3.63) is 11.9 Å². The van der Waals surface area contributed by atoms with E-state index in [-0.39, 0.29) is 0 Å². The largest absolute Gasteiger partial charge is 0.379 e.